The first-order chi connectivity index (χ1) is 29.2. The van der Waals surface area contributed by atoms with Gasteiger partial charge in [0.2, 0.25) is 0 Å². The van der Waals surface area contributed by atoms with Gasteiger partial charge in [-0.2, -0.15) is 41.9 Å². The summed E-state index contributed by atoms with van der Waals surface area (Å²) in [4.78, 5) is 8.47. The number of nitrogens with zero attached hydrogens (tertiary/aromatic N) is 7. The zero-order valence-corrected chi connectivity index (χ0v) is 48.0. The van der Waals surface area contributed by atoms with Crippen molar-refractivity contribution in [2.45, 2.75) is 231 Å². The molecule has 0 saturated carbocycles. The summed E-state index contributed by atoms with van der Waals surface area (Å²) >= 11 is 0. The maximum absolute atomic E-state index is 8.47. The van der Waals surface area contributed by atoms with Gasteiger partial charge in [0.05, 0.1) is 0 Å². The molecule has 6 heterocycles. The summed E-state index contributed by atoms with van der Waals surface area (Å²) < 4.78 is 0. The molecule has 0 aromatic heterocycles. The average Bonchev–Trinajstić information content (AvgIpc) is 3.19. The predicted molar refractivity (Wildman–Crippen MR) is 270 cm³/mol. The Morgan fingerprint density at radius 1 is 0.485 bits per heavy atom. The molecule has 12 heteroatoms. The van der Waals surface area contributed by atoms with Crippen LogP contribution in [0.2, 0.25) is 0 Å². The largest absolute Gasteiger partial charge is 1.00 e. The van der Waals surface area contributed by atoms with Crippen LogP contribution < -0.4 is 0 Å². The molecule has 5 fully saturated rings. The monoisotopic (exact) mass is 1110 g/mol. The summed E-state index contributed by atoms with van der Waals surface area (Å²) in [7, 11) is 0. The van der Waals surface area contributed by atoms with Crippen LogP contribution in [0.5, 0.6) is 0 Å². The van der Waals surface area contributed by atoms with Gasteiger partial charge in [-0.15, -0.1) is 32.2 Å². The van der Waals surface area contributed by atoms with Gasteiger partial charge in [-0.1, -0.05) is 201 Å². The topological polar surface area (TPSA) is 145 Å². The zero-order chi connectivity index (χ0) is 48.2. The predicted octanol–water partition coefficient (Wildman–Crippen LogP) is 15.5. The Morgan fingerprint density at radius 2 is 0.788 bits per heavy atom. The van der Waals surface area contributed by atoms with E-state index >= 15 is 0 Å². The minimum absolute atomic E-state index is 0. The Hall–Kier alpha value is -0.239. The van der Waals surface area contributed by atoms with Crippen LogP contribution in [0.3, 0.4) is 0 Å². The second-order valence-corrected chi connectivity index (χ2v) is 27.3. The van der Waals surface area contributed by atoms with Crippen LogP contribution in [0.4, 0.5) is 0 Å². The number of hydrogen-bond donors (Lipinski definition) is 2. The Bertz CT molecular complexity index is 1500. The van der Waals surface area contributed by atoms with Gasteiger partial charge in [0, 0.05) is 22.4 Å². The van der Waals surface area contributed by atoms with Crippen LogP contribution in [-0.2, 0) is 44.8 Å². The summed E-state index contributed by atoms with van der Waals surface area (Å²) in [6.45, 7) is 46.9. The third-order valence-electron chi connectivity index (χ3n) is 16.5. The molecule has 66 heavy (non-hydrogen) atoms. The molecule has 11 unspecified atom stereocenters. The molecule has 0 amide bonds. The normalized spacial score (nSPS) is 33.9. The molecule has 0 bridgehead atoms. The van der Waals surface area contributed by atoms with Gasteiger partial charge < -0.3 is 31.9 Å². The minimum atomic E-state index is -1.25. The van der Waals surface area contributed by atoms with E-state index in [1.54, 1.807) is 0 Å². The number of allylic oxidation sites excluding steroid dienone is 2. The van der Waals surface area contributed by atoms with E-state index in [0.717, 1.165) is 56.3 Å². The third-order valence-corrected chi connectivity index (χ3v) is 16.5. The molecule has 10 nitrogen and oxygen atoms in total. The van der Waals surface area contributed by atoms with Gasteiger partial charge >= 0.3 is 27.5 Å². The zero-order valence-electron chi connectivity index (χ0n) is 45.0. The Labute approximate surface area is 437 Å². The van der Waals surface area contributed by atoms with Gasteiger partial charge in [-0.25, -0.2) is 10.4 Å². The standard InChI is InChI=1S/C27H50N3.C27H46N3.2Ag.H2NO3/c2*1-25(2,3)18-10-12-28-21(14-18)23-16-20(27(7,8)9)17-24(30-23)22-15-19(11-13-29-22)26(4,5)6;;;2-1(3)4/h18-24H,10-17H2,1-9H3;10,14,19-20,22-24H,11-13,15-17H2,1-9H3;;;(H2,2,3,4)/q2*-3;;2*+1. The van der Waals surface area contributed by atoms with Gasteiger partial charge in [0.25, 0.3) is 0 Å². The van der Waals surface area contributed by atoms with Crippen molar-refractivity contribution in [2.24, 2.45) is 62.1 Å². The van der Waals surface area contributed by atoms with Gasteiger partial charge in [0.1, 0.15) is 4.91 Å². The smallest absolute Gasteiger partial charge is 0.686 e. The molecule has 0 spiro atoms. The molecule has 0 aromatic rings. The van der Waals surface area contributed by atoms with Gasteiger partial charge in [-0.3, -0.25) is 0 Å². The molecular formula is C54H98Ag2N7O3-4. The fraction of sp³-hybridized carbons (Fsp3) is 0.926. The van der Waals surface area contributed by atoms with Crippen LogP contribution in [-0.4, -0.2) is 84.0 Å². The first kappa shape index (κ1) is 61.9. The quantitative estimate of drug-likeness (QED) is 0.214. The molecule has 6 aliphatic heterocycles. The fourth-order valence-electron chi connectivity index (χ4n) is 11.5. The number of rotatable bonds is 4. The fourth-order valence-corrected chi connectivity index (χ4v) is 11.5. The third kappa shape index (κ3) is 18.7. The maximum atomic E-state index is 8.47. The second kappa shape index (κ2) is 24.9. The van der Waals surface area contributed by atoms with Crippen molar-refractivity contribution in [1.82, 2.24) is 0 Å². The van der Waals surface area contributed by atoms with E-state index in [0.29, 0.717) is 69.2 Å². The van der Waals surface area contributed by atoms with E-state index in [9.17, 15) is 0 Å². The van der Waals surface area contributed by atoms with Crippen molar-refractivity contribution >= 4 is 0 Å². The van der Waals surface area contributed by atoms with Crippen LogP contribution >= 0.6 is 0 Å². The van der Waals surface area contributed by atoms with Crippen molar-refractivity contribution in [3.05, 3.63) is 60.2 Å². The number of piperidine rings is 5. The van der Waals surface area contributed by atoms with Crippen LogP contribution in [0.15, 0.2) is 23.4 Å². The van der Waals surface area contributed by atoms with Crippen molar-refractivity contribution in [2.75, 3.05) is 26.2 Å². The number of hydrogen-bond acceptors (Lipinski definition) is 1. The van der Waals surface area contributed by atoms with Crippen molar-refractivity contribution in [3.8, 4) is 0 Å². The second-order valence-electron chi connectivity index (χ2n) is 27.3. The Balaban J connectivity index is 0.000000408. The maximum Gasteiger partial charge on any atom is 1.00 e. The van der Waals surface area contributed by atoms with Crippen LogP contribution in [0, 0.1) is 67.0 Å². The van der Waals surface area contributed by atoms with Crippen molar-refractivity contribution in [1.29, 1.82) is 0 Å². The van der Waals surface area contributed by atoms with Crippen molar-refractivity contribution < 1.29 is 60.3 Å². The Kier molecular flexibility index (Phi) is 23.4. The first-order valence-electron chi connectivity index (χ1n) is 25.6. The van der Waals surface area contributed by atoms with Crippen molar-refractivity contribution in [3.63, 3.8) is 0 Å². The van der Waals surface area contributed by atoms with Crippen LogP contribution in [0.25, 0.3) is 31.9 Å². The summed E-state index contributed by atoms with van der Waals surface area (Å²) in [5, 5.41) is 43.8. The van der Waals surface area contributed by atoms with Gasteiger partial charge in [-0.05, 0) is 67.7 Å². The molecule has 1 radical (unpaired) electrons. The molecule has 0 aromatic carbocycles. The molecule has 0 aliphatic carbocycles. The van der Waals surface area contributed by atoms with Crippen LogP contribution in [0.1, 0.15) is 189 Å². The molecule has 6 aliphatic rings. The first-order valence-corrected chi connectivity index (χ1v) is 25.6. The molecular weight excluding hydrogens is 1010 g/mol. The summed E-state index contributed by atoms with van der Waals surface area (Å²) in [5.74, 6) is 3.68. The van der Waals surface area contributed by atoms with E-state index < -0.39 is 5.09 Å². The summed E-state index contributed by atoms with van der Waals surface area (Å²) in [6.07, 6.45) is 16.8. The molecule has 393 valence electrons. The average molecular weight is 1110 g/mol. The molecule has 5 saturated heterocycles. The van der Waals surface area contributed by atoms with E-state index in [2.05, 4.69) is 137 Å². The van der Waals surface area contributed by atoms with E-state index in [1.165, 1.54) is 69.1 Å². The minimum Gasteiger partial charge on any atom is -0.686 e. The molecule has 6 rings (SSSR count). The molecule has 11 atom stereocenters. The SMILES string of the molecule is CC(C)(C)C1=CC[N-]C(C2CC(C(C)(C)C)CC(C3CC(C(C)(C)C)CC[N-]3)[N-]2)=C1.CC(C)(C)C1CC[N-]C(C2CC(C(C)(C)C)CC(C3CC(C(C)(C)C)CC[N-]3)[N-]2)C1.O=[N+](O)O.[Ag+].[Ag]. The summed E-state index contributed by atoms with van der Waals surface area (Å²) in [6, 6.07) is 2.63. The van der Waals surface area contributed by atoms with E-state index in [-0.39, 0.29) is 56.2 Å². The molecule has 2 N–H and O–H groups in total. The Morgan fingerprint density at radius 3 is 1.11 bits per heavy atom. The van der Waals surface area contributed by atoms with Gasteiger partial charge in [0.15, 0.2) is 0 Å². The van der Waals surface area contributed by atoms with E-state index in [4.69, 9.17) is 47.2 Å². The summed E-state index contributed by atoms with van der Waals surface area (Å²) in [5.41, 5.74) is 4.54. The van der Waals surface area contributed by atoms with E-state index in [1.807, 2.05) is 0 Å².